The number of carbonyl (C=O) groups is 2. The third-order valence-electron chi connectivity index (χ3n) is 4.94. The van der Waals surface area contributed by atoms with Gasteiger partial charge in [0.15, 0.2) is 0 Å². The van der Waals surface area contributed by atoms with Gasteiger partial charge in [0, 0.05) is 42.8 Å². The topological polar surface area (TPSA) is 43.9 Å². The summed E-state index contributed by atoms with van der Waals surface area (Å²) in [7, 11) is 0. The minimum absolute atomic E-state index is 0.217. The zero-order chi connectivity index (χ0) is 19.0. The van der Waals surface area contributed by atoms with E-state index in [-0.39, 0.29) is 17.9 Å². The molecule has 1 aromatic rings. The van der Waals surface area contributed by atoms with Crippen molar-refractivity contribution in [2.24, 2.45) is 0 Å². The average Bonchev–Trinajstić information content (AvgIpc) is 2.85. The van der Waals surface area contributed by atoms with Gasteiger partial charge in [0.25, 0.3) is 11.8 Å². The monoisotopic (exact) mass is 395 g/mol. The third kappa shape index (κ3) is 3.36. The highest BCUT2D eigenvalue weighted by atomic mass is 35.5. The molecule has 1 fully saturated rings. The maximum Gasteiger partial charge on any atom is 0.278 e. The summed E-state index contributed by atoms with van der Waals surface area (Å²) in [6.45, 7) is 9.94. The maximum atomic E-state index is 13.1. The highest BCUT2D eigenvalue weighted by Gasteiger charge is 2.43. The van der Waals surface area contributed by atoms with Crippen molar-refractivity contribution in [2.75, 3.05) is 32.7 Å². The summed E-state index contributed by atoms with van der Waals surface area (Å²) in [5.74, 6) is -0.530. The summed E-state index contributed by atoms with van der Waals surface area (Å²) in [5, 5.41) is 0.874. The molecule has 1 aromatic carbocycles. The third-order valence-corrected chi connectivity index (χ3v) is 5.49. The van der Waals surface area contributed by atoms with Gasteiger partial charge in [-0.2, -0.15) is 0 Å². The zero-order valence-corrected chi connectivity index (χ0v) is 16.8. The Morgan fingerprint density at radius 1 is 1.04 bits per heavy atom. The Labute approximate surface area is 164 Å². The molecule has 0 bridgehead atoms. The second kappa shape index (κ2) is 7.59. The first-order valence-electron chi connectivity index (χ1n) is 8.90. The molecule has 5 nitrogen and oxygen atoms in total. The number of benzene rings is 1. The lowest BCUT2D eigenvalue weighted by molar-refractivity contribution is -0.139. The van der Waals surface area contributed by atoms with E-state index in [0.717, 1.165) is 19.6 Å². The second-order valence-electron chi connectivity index (χ2n) is 6.84. The summed E-state index contributed by atoms with van der Waals surface area (Å²) >= 11 is 12.4. The van der Waals surface area contributed by atoms with E-state index in [1.165, 1.54) is 4.90 Å². The van der Waals surface area contributed by atoms with Crippen molar-refractivity contribution >= 4 is 40.6 Å². The lowest BCUT2D eigenvalue weighted by Crippen LogP contribution is -2.47. The molecule has 0 unspecified atom stereocenters. The van der Waals surface area contributed by atoms with Crippen LogP contribution >= 0.6 is 23.2 Å². The highest BCUT2D eigenvalue weighted by Crippen LogP contribution is 2.37. The van der Waals surface area contributed by atoms with Gasteiger partial charge in [-0.05, 0) is 32.5 Å². The molecule has 1 saturated heterocycles. The number of piperazine rings is 1. The fourth-order valence-electron chi connectivity index (χ4n) is 3.52. The first-order valence-corrected chi connectivity index (χ1v) is 9.65. The fraction of sp³-hybridized carbons (Fsp3) is 0.474. The lowest BCUT2D eigenvalue weighted by Gasteiger charge is -2.36. The van der Waals surface area contributed by atoms with Gasteiger partial charge in [-0.1, -0.05) is 36.2 Å². The zero-order valence-electron chi connectivity index (χ0n) is 15.3. The molecule has 0 spiro atoms. The molecule has 2 heterocycles. The quantitative estimate of drug-likeness (QED) is 0.734. The van der Waals surface area contributed by atoms with E-state index in [1.54, 1.807) is 18.2 Å². The number of hydrogen-bond donors (Lipinski definition) is 0. The van der Waals surface area contributed by atoms with Crippen LogP contribution in [0.15, 0.2) is 23.9 Å². The molecule has 3 rings (SSSR count). The minimum Gasteiger partial charge on any atom is -0.364 e. The fourth-order valence-corrected chi connectivity index (χ4v) is 4.02. The predicted molar refractivity (Wildman–Crippen MR) is 104 cm³/mol. The largest absolute Gasteiger partial charge is 0.364 e. The van der Waals surface area contributed by atoms with E-state index < -0.39 is 0 Å². The molecule has 0 radical (unpaired) electrons. The first kappa shape index (κ1) is 19.2. The molecule has 2 amide bonds. The summed E-state index contributed by atoms with van der Waals surface area (Å²) in [5.41, 5.74) is 1.41. The van der Waals surface area contributed by atoms with E-state index in [2.05, 4.69) is 11.8 Å². The number of imide groups is 1. The van der Waals surface area contributed by atoms with Crippen LogP contribution in [0.25, 0.3) is 5.57 Å². The minimum atomic E-state index is -0.290. The van der Waals surface area contributed by atoms with Gasteiger partial charge in [0.1, 0.15) is 5.70 Å². The van der Waals surface area contributed by atoms with E-state index in [1.807, 2.05) is 18.7 Å². The Bertz CT molecular complexity index is 768. The standard InChI is InChI=1S/C19H23Cl2N3O2/c1-4-22-7-9-23(10-8-22)17-16(14-6-5-13(20)11-15(14)21)18(25)24(12(2)3)19(17)26/h5-6,11-12H,4,7-10H2,1-3H3. The van der Waals surface area contributed by atoms with E-state index in [0.29, 0.717) is 40.0 Å². The number of nitrogens with zero attached hydrogens (tertiary/aromatic N) is 3. The van der Waals surface area contributed by atoms with Crippen molar-refractivity contribution in [1.29, 1.82) is 0 Å². The van der Waals surface area contributed by atoms with Crippen LogP contribution in [0.1, 0.15) is 26.3 Å². The molecule has 7 heteroatoms. The van der Waals surface area contributed by atoms with Crippen molar-refractivity contribution < 1.29 is 9.59 Å². The molecule has 0 aliphatic carbocycles. The van der Waals surface area contributed by atoms with Crippen LogP contribution in [0.3, 0.4) is 0 Å². The van der Waals surface area contributed by atoms with Crippen LogP contribution in [-0.4, -0.2) is 65.3 Å². The van der Waals surface area contributed by atoms with Gasteiger partial charge >= 0.3 is 0 Å². The SMILES string of the molecule is CCN1CCN(C2=C(c3ccc(Cl)cc3Cl)C(=O)N(C(C)C)C2=O)CC1. The predicted octanol–water partition coefficient (Wildman–Crippen LogP) is 3.12. The van der Waals surface area contributed by atoms with E-state index in [9.17, 15) is 9.59 Å². The highest BCUT2D eigenvalue weighted by molar-refractivity contribution is 6.41. The molecule has 0 atom stereocenters. The normalized spacial score (nSPS) is 19.3. The number of carbonyl (C=O) groups excluding carboxylic acids is 2. The van der Waals surface area contributed by atoms with Crippen LogP contribution < -0.4 is 0 Å². The van der Waals surface area contributed by atoms with Crippen molar-refractivity contribution in [2.45, 2.75) is 26.8 Å². The van der Waals surface area contributed by atoms with Crippen LogP contribution in [0.4, 0.5) is 0 Å². The molecule has 2 aliphatic rings. The summed E-state index contributed by atoms with van der Waals surface area (Å²) in [6.07, 6.45) is 0. The number of amides is 2. The molecular weight excluding hydrogens is 373 g/mol. The molecule has 26 heavy (non-hydrogen) atoms. The first-order chi connectivity index (χ1) is 12.3. The molecule has 140 valence electrons. The number of likely N-dealkylation sites (N-methyl/N-ethyl adjacent to an activating group) is 1. The van der Waals surface area contributed by atoms with Gasteiger partial charge in [-0.3, -0.25) is 14.5 Å². The van der Waals surface area contributed by atoms with E-state index >= 15 is 0 Å². The van der Waals surface area contributed by atoms with Crippen LogP contribution in [0.2, 0.25) is 10.0 Å². The Kier molecular flexibility index (Phi) is 5.61. The lowest BCUT2D eigenvalue weighted by atomic mass is 10.0. The molecule has 2 aliphatic heterocycles. The molecule has 0 saturated carbocycles. The summed E-state index contributed by atoms with van der Waals surface area (Å²) in [6, 6.07) is 4.80. The Morgan fingerprint density at radius 2 is 1.69 bits per heavy atom. The smallest absolute Gasteiger partial charge is 0.278 e. The van der Waals surface area contributed by atoms with Gasteiger partial charge in [-0.15, -0.1) is 0 Å². The summed E-state index contributed by atoms with van der Waals surface area (Å²) < 4.78 is 0. The Hall–Kier alpha value is -1.56. The molecular formula is C19H23Cl2N3O2. The maximum absolute atomic E-state index is 13.1. The Balaban J connectivity index is 2.08. The van der Waals surface area contributed by atoms with Crippen LogP contribution in [-0.2, 0) is 9.59 Å². The van der Waals surface area contributed by atoms with E-state index in [4.69, 9.17) is 23.2 Å². The number of rotatable bonds is 4. The number of hydrogen-bond acceptors (Lipinski definition) is 4. The van der Waals surface area contributed by atoms with Gasteiger partial charge in [0.05, 0.1) is 10.6 Å². The van der Waals surface area contributed by atoms with Crippen molar-refractivity contribution in [3.8, 4) is 0 Å². The average molecular weight is 396 g/mol. The Morgan fingerprint density at radius 3 is 2.23 bits per heavy atom. The second-order valence-corrected chi connectivity index (χ2v) is 7.69. The van der Waals surface area contributed by atoms with Crippen molar-refractivity contribution in [3.63, 3.8) is 0 Å². The van der Waals surface area contributed by atoms with Crippen molar-refractivity contribution in [1.82, 2.24) is 14.7 Å². The van der Waals surface area contributed by atoms with Gasteiger partial charge in [-0.25, -0.2) is 0 Å². The number of halogens is 2. The van der Waals surface area contributed by atoms with Gasteiger partial charge in [0.2, 0.25) is 0 Å². The van der Waals surface area contributed by atoms with Gasteiger partial charge < -0.3 is 9.80 Å². The van der Waals surface area contributed by atoms with Crippen LogP contribution in [0, 0.1) is 0 Å². The van der Waals surface area contributed by atoms with Crippen LogP contribution in [0.5, 0.6) is 0 Å². The van der Waals surface area contributed by atoms with Crippen molar-refractivity contribution in [3.05, 3.63) is 39.5 Å². The molecule has 0 N–H and O–H groups in total. The molecule has 0 aromatic heterocycles. The summed E-state index contributed by atoms with van der Waals surface area (Å²) in [4.78, 5) is 31.9.